The Labute approximate surface area is 184 Å². The van der Waals surface area contributed by atoms with Crippen molar-refractivity contribution in [2.24, 2.45) is 0 Å². The molecule has 0 spiro atoms. The first kappa shape index (κ1) is 23.3. The van der Waals surface area contributed by atoms with Gasteiger partial charge in [0.05, 0.1) is 23.3 Å². The van der Waals surface area contributed by atoms with Gasteiger partial charge in [-0.3, -0.25) is 19.7 Å². The van der Waals surface area contributed by atoms with E-state index < -0.39 is 40.7 Å². The lowest BCUT2D eigenvalue weighted by Crippen LogP contribution is -2.23. The van der Waals surface area contributed by atoms with E-state index in [1.807, 2.05) is 0 Å². The minimum Gasteiger partial charge on any atom is -0.459 e. The number of furan rings is 1. The number of rotatable bonds is 7. The van der Waals surface area contributed by atoms with Crippen molar-refractivity contribution in [2.75, 3.05) is 22.5 Å². The lowest BCUT2D eigenvalue weighted by molar-refractivity contribution is -0.384. The summed E-state index contributed by atoms with van der Waals surface area (Å²) in [6.45, 7) is 1.05. The first-order valence-electron chi connectivity index (χ1n) is 9.39. The minimum absolute atomic E-state index is 0.0763. The molecule has 9 nitrogen and oxygen atoms in total. The van der Waals surface area contributed by atoms with Gasteiger partial charge in [0, 0.05) is 17.4 Å². The monoisotopic (exact) mass is 462 g/mol. The van der Waals surface area contributed by atoms with E-state index in [4.69, 9.17) is 4.42 Å². The number of nitro benzene ring substituents is 1. The quantitative estimate of drug-likeness (QED) is 0.341. The summed E-state index contributed by atoms with van der Waals surface area (Å²) < 4.78 is 45.5. The molecule has 0 radical (unpaired) electrons. The SMILES string of the molecule is Cc1ccc(NC(=O)CNc2ccc(NC(=O)c3ccco3)cc2C(F)(F)F)c([N+](=O)[O-])c1. The highest BCUT2D eigenvalue weighted by molar-refractivity contribution is 6.02. The number of nitrogens with zero attached hydrogens (tertiary/aromatic N) is 1. The Hall–Kier alpha value is -4.35. The number of carbonyl (C=O) groups is 2. The first-order chi connectivity index (χ1) is 15.5. The molecule has 172 valence electrons. The third-order valence-corrected chi connectivity index (χ3v) is 4.39. The highest BCUT2D eigenvalue weighted by Crippen LogP contribution is 2.36. The van der Waals surface area contributed by atoms with Gasteiger partial charge in [0.15, 0.2) is 5.76 Å². The third kappa shape index (κ3) is 5.87. The molecular formula is C21H17F3N4O5. The Kier molecular flexibility index (Phi) is 6.66. The van der Waals surface area contributed by atoms with Crippen LogP contribution in [0.4, 0.5) is 35.9 Å². The Balaban J connectivity index is 1.73. The van der Waals surface area contributed by atoms with Crippen molar-refractivity contribution in [2.45, 2.75) is 13.1 Å². The van der Waals surface area contributed by atoms with E-state index in [1.54, 1.807) is 13.0 Å². The predicted molar refractivity (Wildman–Crippen MR) is 113 cm³/mol. The molecule has 2 aromatic carbocycles. The molecule has 0 aliphatic rings. The number of alkyl halides is 3. The number of nitrogens with one attached hydrogen (secondary N) is 3. The average Bonchev–Trinajstić information content (AvgIpc) is 3.28. The standard InChI is InChI=1S/C21H17F3N4O5/c1-12-4-6-16(17(9-12)28(31)32)27-19(29)11-25-15-7-5-13(10-14(15)21(22,23)24)26-20(30)18-3-2-8-33-18/h2-10,25H,11H2,1H3,(H,26,30)(H,27,29). The van der Waals surface area contributed by atoms with Crippen molar-refractivity contribution in [1.29, 1.82) is 0 Å². The van der Waals surface area contributed by atoms with Crippen LogP contribution in [-0.4, -0.2) is 23.3 Å². The van der Waals surface area contributed by atoms with Crippen molar-refractivity contribution in [3.8, 4) is 0 Å². The van der Waals surface area contributed by atoms with Gasteiger partial charge in [-0.25, -0.2) is 0 Å². The van der Waals surface area contributed by atoms with E-state index in [0.29, 0.717) is 11.6 Å². The zero-order chi connectivity index (χ0) is 24.2. The normalized spacial score (nSPS) is 11.0. The fourth-order valence-electron chi connectivity index (χ4n) is 2.88. The topological polar surface area (TPSA) is 127 Å². The van der Waals surface area contributed by atoms with Gasteiger partial charge < -0.3 is 20.4 Å². The number of aryl methyl sites for hydroxylation is 1. The van der Waals surface area contributed by atoms with Crippen LogP contribution in [0.3, 0.4) is 0 Å². The molecule has 0 aliphatic carbocycles. The number of benzene rings is 2. The highest BCUT2D eigenvalue weighted by atomic mass is 19.4. The molecule has 1 aromatic heterocycles. The average molecular weight is 462 g/mol. The van der Waals surface area contributed by atoms with Gasteiger partial charge in [0.2, 0.25) is 5.91 Å². The summed E-state index contributed by atoms with van der Waals surface area (Å²) in [5.74, 6) is -1.59. The van der Waals surface area contributed by atoms with Gasteiger partial charge in [-0.1, -0.05) is 6.07 Å². The van der Waals surface area contributed by atoms with E-state index >= 15 is 0 Å². The van der Waals surface area contributed by atoms with Crippen molar-refractivity contribution in [3.63, 3.8) is 0 Å². The van der Waals surface area contributed by atoms with Crippen molar-refractivity contribution < 1.29 is 32.1 Å². The van der Waals surface area contributed by atoms with Crippen LogP contribution >= 0.6 is 0 Å². The molecule has 3 rings (SSSR count). The van der Waals surface area contributed by atoms with E-state index in [1.165, 1.54) is 36.6 Å². The maximum absolute atomic E-state index is 13.5. The van der Waals surface area contributed by atoms with E-state index in [0.717, 1.165) is 6.07 Å². The van der Waals surface area contributed by atoms with Gasteiger partial charge in [0.1, 0.15) is 5.69 Å². The van der Waals surface area contributed by atoms with Crippen LogP contribution in [0.2, 0.25) is 0 Å². The fraction of sp³-hybridized carbons (Fsp3) is 0.143. The molecular weight excluding hydrogens is 445 g/mol. The van der Waals surface area contributed by atoms with E-state index in [2.05, 4.69) is 16.0 Å². The minimum atomic E-state index is -4.79. The maximum Gasteiger partial charge on any atom is 0.418 e. The van der Waals surface area contributed by atoms with Crippen LogP contribution in [0, 0.1) is 17.0 Å². The summed E-state index contributed by atoms with van der Waals surface area (Å²) >= 11 is 0. The molecule has 33 heavy (non-hydrogen) atoms. The smallest absolute Gasteiger partial charge is 0.418 e. The summed E-state index contributed by atoms with van der Waals surface area (Å²) in [7, 11) is 0. The number of carbonyl (C=O) groups excluding carboxylic acids is 2. The number of hydrogen-bond donors (Lipinski definition) is 3. The summed E-state index contributed by atoms with van der Waals surface area (Å²) in [5.41, 5.74) is -1.47. The zero-order valence-corrected chi connectivity index (χ0v) is 17.0. The maximum atomic E-state index is 13.5. The molecule has 12 heteroatoms. The first-order valence-corrected chi connectivity index (χ1v) is 9.39. The number of nitro groups is 1. The second-order valence-corrected chi connectivity index (χ2v) is 6.87. The lowest BCUT2D eigenvalue weighted by Gasteiger charge is -2.16. The predicted octanol–water partition coefficient (Wildman–Crippen LogP) is 4.82. The molecule has 0 saturated heterocycles. The van der Waals surface area contributed by atoms with Crippen molar-refractivity contribution in [1.82, 2.24) is 0 Å². The molecule has 2 amide bonds. The molecule has 3 aromatic rings. The van der Waals surface area contributed by atoms with Crippen LogP contribution in [0.15, 0.2) is 59.2 Å². The number of hydrogen-bond acceptors (Lipinski definition) is 6. The summed E-state index contributed by atoms with van der Waals surface area (Å²) in [5, 5.41) is 18.1. The molecule has 0 saturated carbocycles. The molecule has 0 bridgehead atoms. The third-order valence-electron chi connectivity index (χ3n) is 4.39. The van der Waals surface area contributed by atoms with Crippen LogP contribution in [0.25, 0.3) is 0 Å². The summed E-state index contributed by atoms with van der Waals surface area (Å²) in [6.07, 6.45) is -3.54. The Morgan fingerprint density at radius 1 is 1.06 bits per heavy atom. The van der Waals surface area contributed by atoms with Gasteiger partial charge >= 0.3 is 6.18 Å². The summed E-state index contributed by atoms with van der Waals surface area (Å²) in [6, 6.07) is 9.96. The molecule has 3 N–H and O–H groups in total. The van der Waals surface area contributed by atoms with Crippen LogP contribution in [0.1, 0.15) is 21.7 Å². The molecule has 0 fully saturated rings. The molecule has 0 unspecified atom stereocenters. The Morgan fingerprint density at radius 2 is 1.79 bits per heavy atom. The van der Waals surface area contributed by atoms with Crippen LogP contribution in [0.5, 0.6) is 0 Å². The van der Waals surface area contributed by atoms with E-state index in [9.17, 15) is 32.9 Å². The Bertz CT molecular complexity index is 1190. The van der Waals surface area contributed by atoms with Gasteiger partial charge in [-0.2, -0.15) is 13.2 Å². The number of anilines is 3. The summed E-state index contributed by atoms with van der Waals surface area (Å²) in [4.78, 5) is 34.7. The van der Waals surface area contributed by atoms with Gasteiger partial charge in [-0.05, 0) is 48.9 Å². The lowest BCUT2D eigenvalue weighted by atomic mass is 10.1. The number of amides is 2. The molecule has 0 aliphatic heterocycles. The van der Waals surface area contributed by atoms with E-state index in [-0.39, 0.29) is 22.8 Å². The Morgan fingerprint density at radius 3 is 2.42 bits per heavy atom. The fourth-order valence-corrected chi connectivity index (χ4v) is 2.88. The zero-order valence-electron chi connectivity index (χ0n) is 17.0. The second kappa shape index (κ2) is 9.42. The van der Waals surface area contributed by atoms with Gasteiger partial charge in [-0.15, -0.1) is 0 Å². The molecule has 1 heterocycles. The highest BCUT2D eigenvalue weighted by Gasteiger charge is 2.34. The van der Waals surface area contributed by atoms with Crippen LogP contribution in [-0.2, 0) is 11.0 Å². The van der Waals surface area contributed by atoms with Crippen molar-refractivity contribution in [3.05, 3.63) is 81.8 Å². The number of halogens is 3. The van der Waals surface area contributed by atoms with Crippen molar-refractivity contribution >= 4 is 34.6 Å². The largest absolute Gasteiger partial charge is 0.459 e. The molecule has 0 atom stereocenters. The van der Waals surface area contributed by atoms with Gasteiger partial charge in [0.25, 0.3) is 11.6 Å². The second-order valence-electron chi connectivity index (χ2n) is 6.87. The van der Waals surface area contributed by atoms with Crippen LogP contribution < -0.4 is 16.0 Å².